The van der Waals surface area contributed by atoms with Crippen molar-refractivity contribution in [3.63, 3.8) is 0 Å². The minimum absolute atomic E-state index is 0.289. The van der Waals surface area contributed by atoms with Crippen LogP contribution in [0.5, 0.6) is 0 Å². The van der Waals surface area contributed by atoms with Gasteiger partial charge in [0.2, 0.25) is 11.7 Å². The minimum Gasteiger partial charge on any atom is -0.362 e. The lowest BCUT2D eigenvalue weighted by Crippen LogP contribution is -2.12. The summed E-state index contributed by atoms with van der Waals surface area (Å²) in [6.45, 7) is 4.07. The van der Waals surface area contributed by atoms with E-state index in [1.54, 1.807) is 12.3 Å². The van der Waals surface area contributed by atoms with E-state index >= 15 is 0 Å². The van der Waals surface area contributed by atoms with Crippen molar-refractivity contribution in [1.82, 2.24) is 15.1 Å². The summed E-state index contributed by atoms with van der Waals surface area (Å²) < 4.78 is 33.7. The molecule has 0 aliphatic rings. The van der Waals surface area contributed by atoms with Gasteiger partial charge in [-0.1, -0.05) is 23.4 Å². The normalized spacial score (nSPS) is 12.1. The van der Waals surface area contributed by atoms with E-state index in [1.807, 2.05) is 51.0 Å². The van der Waals surface area contributed by atoms with Crippen molar-refractivity contribution in [2.24, 2.45) is 0 Å². The van der Waals surface area contributed by atoms with Crippen molar-refractivity contribution in [1.29, 1.82) is 0 Å². The molecule has 0 fully saturated rings. The number of benzene rings is 2. The topological polar surface area (TPSA) is 55.1 Å². The van der Waals surface area contributed by atoms with Crippen molar-refractivity contribution in [2.45, 2.75) is 26.2 Å². The fourth-order valence-corrected chi connectivity index (χ4v) is 3.70. The molecule has 2 aromatic carbocycles. The van der Waals surface area contributed by atoms with Crippen LogP contribution < -0.4 is 4.90 Å². The number of pyridine rings is 1. The Hall–Kier alpha value is -3.61. The van der Waals surface area contributed by atoms with E-state index in [2.05, 4.69) is 21.2 Å². The predicted molar refractivity (Wildman–Crippen MR) is 120 cm³/mol. The number of hydrogen-bond donors (Lipinski definition) is 0. The lowest BCUT2D eigenvalue weighted by Gasteiger charge is -2.15. The highest BCUT2D eigenvalue weighted by Crippen LogP contribution is 2.32. The molecule has 5 nitrogen and oxygen atoms in total. The Morgan fingerprint density at radius 2 is 1.72 bits per heavy atom. The highest BCUT2D eigenvalue weighted by molar-refractivity contribution is 5.70. The summed E-state index contributed by atoms with van der Waals surface area (Å²) in [7, 11) is 3.76. The second-order valence-corrected chi connectivity index (χ2v) is 8.10. The van der Waals surface area contributed by atoms with Crippen LogP contribution in [0.15, 0.2) is 59.3 Å². The molecule has 164 valence electrons. The predicted octanol–water partition coefficient (Wildman–Crippen LogP) is 5.47. The van der Waals surface area contributed by atoms with Gasteiger partial charge < -0.3 is 9.42 Å². The van der Waals surface area contributed by atoms with Gasteiger partial charge in [-0.25, -0.2) is 13.8 Å². The first-order chi connectivity index (χ1) is 15.3. The summed E-state index contributed by atoms with van der Waals surface area (Å²) in [6, 6.07) is 13.3. The number of hydrogen-bond acceptors (Lipinski definition) is 5. The molecule has 0 spiro atoms. The van der Waals surface area contributed by atoms with Crippen LogP contribution in [0.3, 0.4) is 0 Å². The number of rotatable bonds is 6. The Balaban J connectivity index is 1.78. The molecule has 32 heavy (non-hydrogen) atoms. The van der Waals surface area contributed by atoms with Crippen LogP contribution in [0.25, 0.3) is 11.4 Å². The van der Waals surface area contributed by atoms with Crippen molar-refractivity contribution >= 4 is 5.82 Å². The van der Waals surface area contributed by atoms with E-state index in [0.29, 0.717) is 29.2 Å². The summed E-state index contributed by atoms with van der Waals surface area (Å²) in [4.78, 5) is 10.8. The van der Waals surface area contributed by atoms with Gasteiger partial charge in [0.25, 0.3) is 0 Å². The van der Waals surface area contributed by atoms with Crippen LogP contribution in [0.1, 0.15) is 34.1 Å². The standard InChI is InChI=1S/C25H24F2N4O/c1-15-7-8-17(10-16(15)2)11-22(18-12-19(26)14-20(27)13-18)25-29-23(30-32-25)21-6-5-9-28-24(21)31(3)4/h5-10,12-14,22H,11H2,1-4H3/t22-/m0/s1. The first kappa shape index (κ1) is 21.6. The molecule has 4 rings (SSSR count). The third-order valence-electron chi connectivity index (χ3n) is 5.49. The molecule has 0 N–H and O–H groups in total. The van der Waals surface area contributed by atoms with E-state index in [4.69, 9.17) is 4.52 Å². The zero-order valence-electron chi connectivity index (χ0n) is 18.4. The fraction of sp³-hybridized carbons (Fsp3) is 0.240. The zero-order valence-corrected chi connectivity index (χ0v) is 18.4. The van der Waals surface area contributed by atoms with Crippen molar-refractivity contribution in [3.8, 4) is 11.4 Å². The van der Waals surface area contributed by atoms with Crippen molar-refractivity contribution in [3.05, 3.63) is 94.5 Å². The Morgan fingerprint density at radius 3 is 2.41 bits per heavy atom. The molecule has 2 aromatic heterocycles. The van der Waals surface area contributed by atoms with E-state index in [1.165, 1.54) is 17.7 Å². The van der Waals surface area contributed by atoms with E-state index in [-0.39, 0.29) is 5.89 Å². The fourth-order valence-electron chi connectivity index (χ4n) is 3.70. The highest BCUT2D eigenvalue weighted by atomic mass is 19.1. The summed E-state index contributed by atoms with van der Waals surface area (Å²) in [5, 5.41) is 4.15. The largest absolute Gasteiger partial charge is 0.362 e. The van der Waals surface area contributed by atoms with Gasteiger partial charge in [0, 0.05) is 26.4 Å². The van der Waals surface area contributed by atoms with Gasteiger partial charge in [-0.3, -0.25) is 0 Å². The molecular formula is C25H24F2N4O. The third kappa shape index (κ3) is 4.51. The van der Waals surface area contributed by atoms with Gasteiger partial charge in [-0.05, 0) is 66.8 Å². The molecule has 0 amide bonds. The molecule has 0 unspecified atom stereocenters. The second kappa shape index (κ2) is 8.86. The monoisotopic (exact) mass is 434 g/mol. The quantitative estimate of drug-likeness (QED) is 0.403. The highest BCUT2D eigenvalue weighted by Gasteiger charge is 2.25. The molecule has 0 bridgehead atoms. The number of anilines is 1. The molecule has 4 aromatic rings. The van der Waals surface area contributed by atoms with Gasteiger partial charge >= 0.3 is 0 Å². The molecule has 0 saturated heterocycles. The molecular weight excluding hydrogens is 410 g/mol. The molecule has 2 heterocycles. The van der Waals surface area contributed by atoms with Crippen LogP contribution in [-0.2, 0) is 6.42 Å². The van der Waals surface area contributed by atoms with Gasteiger partial charge in [-0.2, -0.15) is 4.98 Å². The van der Waals surface area contributed by atoms with Crippen LogP contribution >= 0.6 is 0 Å². The van der Waals surface area contributed by atoms with Gasteiger partial charge in [-0.15, -0.1) is 0 Å². The summed E-state index contributed by atoms with van der Waals surface area (Å²) in [5.41, 5.74) is 4.48. The smallest absolute Gasteiger partial charge is 0.234 e. The maximum Gasteiger partial charge on any atom is 0.234 e. The van der Waals surface area contributed by atoms with Crippen LogP contribution in [0.4, 0.5) is 14.6 Å². The van der Waals surface area contributed by atoms with E-state index < -0.39 is 17.6 Å². The number of aryl methyl sites for hydroxylation is 2. The maximum absolute atomic E-state index is 14.1. The number of halogens is 2. The SMILES string of the molecule is Cc1ccc(C[C@@H](c2cc(F)cc(F)c2)c2nc(-c3cccnc3N(C)C)no2)cc1C. The van der Waals surface area contributed by atoms with Gasteiger partial charge in [0.15, 0.2) is 0 Å². The molecule has 0 aliphatic carbocycles. The molecule has 1 atom stereocenters. The first-order valence-electron chi connectivity index (χ1n) is 10.3. The minimum atomic E-state index is -0.646. The molecule has 0 aliphatic heterocycles. The Labute approximate surface area is 185 Å². The van der Waals surface area contributed by atoms with Crippen LogP contribution in [0.2, 0.25) is 0 Å². The summed E-state index contributed by atoms with van der Waals surface area (Å²) in [6.07, 6.45) is 2.15. The lowest BCUT2D eigenvalue weighted by atomic mass is 9.90. The average Bonchev–Trinajstić information content (AvgIpc) is 3.23. The second-order valence-electron chi connectivity index (χ2n) is 8.10. The Morgan fingerprint density at radius 1 is 0.969 bits per heavy atom. The zero-order chi connectivity index (χ0) is 22.8. The van der Waals surface area contributed by atoms with Crippen LogP contribution in [0, 0.1) is 25.5 Å². The van der Waals surface area contributed by atoms with Crippen LogP contribution in [-0.4, -0.2) is 29.2 Å². The summed E-state index contributed by atoms with van der Waals surface area (Å²) >= 11 is 0. The molecule has 0 radical (unpaired) electrons. The average molecular weight is 434 g/mol. The summed E-state index contributed by atoms with van der Waals surface area (Å²) in [5.74, 6) is -0.445. The Bertz CT molecular complexity index is 1230. The maximum atomic E-state index is 14.1. The third-order valence-corrected chi connectivity index (χ3v) is 5.49. The molecule has 0 saturated carbocycles. The number of nitrogens with zero attached hydrogens (tertiary/aromatic N) is 4. The lowest BCUT2D eigenvalue weighted by molar-refractivity contribution is 0.364. The first-order valence-corrected chi connectivity index (χ1v) is 10.3. The van der Waals surface area contributed by atoms with Crippen molar-refractivity contribution < 1.29 is 13.3 Å². The van der Waals surface area contributed by atoms with E-state index in [0.717, 1.165) is 17.2 Å². The number of aromatic nitrogens is 3. The van der Waals surface area contributed by atoms with Gasteiger partial charge in [0.1, 0.15) is 17.5 Å². The van der Waals surface area contributed by atoms with Gasteiger partial charge in [0.05, 0.1) is 11.5 Å². The molecule has 7 heteroatoms. The van der Waals surface area contributed by atoms with E-state index in [9.17, 15) is 8.78 Å². The Kier molecular flexibility index (Phi) is 5.99. The van der Waals surface area contributed by atoms with Crippen molar-refractivity contribution in [2.75, 3.05) is 19.0 Å².